The van der Waals surface area contributed by atoms with Crippen molar-refractivity contribution < 1.29 is 8.78 Å². The van der Waals surface area contributed by atoms with Gasteiger partial charge in [-0.3, -0.25) is 0 Å². The van der Waals surface area contributed by atoms with Crippen molar-refractivity contribution in [2.75, 3.05) is 0 Å². The van der Waals surface area contributed by atoms with E-state index in [1.807, 2.05) is 0 Å². The number of benzene rings is 2. The lowest BCUT2D eigenvalue weighted by Crippen LogP contribution is -1.85. The quantitative estimate of drug-likeness (QED) is 0.683. The third-order valence-electron chi connectivity index (χ3n) is 2.01. The molecule has 0 saturated heterocycles. The van der Waals surface area contributed by atoms with E-state index in [0.29, 0.717) is 16.1 Å². The number of halogens is 3. The molecule has 0 N–H and O–H groups in total. The first kappa shape index (κ1) is 10.1. The Morgan fingerprint density at radius 3 is 2.53 bits per heavy atom. The topological polar surface area (TPSA) is 0 Å². The molecule has 0 nitrogen and oxygen atoms in total. The summed E-state index contributed by atoms with van der Waals surface area (Å²) in [6.45, 7) is 0. The van der Waals surface area contributed by atoms with Crippen LogP contribution in [0.2, 0.25) is 5.02 Å². The highest BCUT2D eigenvalue weighted by atomic mass is 35.5. The van der Waals surface area contributed by atoms with Crippen LogP contribution in [-0.4, -0.2) is 0 Å². The summed E-state index contributed by atoms with van der Waals surface area (Å²) in [7, 11) is 0. The Morgan fingerprint density at radius 2 is 1.87 bits per heavy atom. The van der Waals surface area contributed by atoms with Gasteiger partial charge >= 0.3 is 0 Å². The van der Waals surface area contributed by atoms with E-state index < -0.39 is 11.6 Å². The molecular formula is C12H6ClF2. The Kier molecular flexibility index (Phi) is 2.69. The van der Waals surface area contributed by atoms with Gasteiger partial charge in [0.25, 0.3) is 0 Å². The van der Waals surface area contributed by atoms with Crippen molar-refractivity contribution >= 4 is 11.6 Å². The molecule has 0 aromatic heterocycles. The summed E-state index contributed by atoms with van der Waals surface area (Å²) >= 11 is 5.62. The second kappa shape index (κ2) is 3.99. The van der Waals surface area contributed by atoms with Gasteiger partial charge in [0.1, 0.15) is 11.6 Å². The van der Waals surface area contributed by atoms with Gasteiger partial charge in [0.15, 0.2) is 0 Å². The van der Waals surface area contributed by atoms with Crippen molar-refractivity contribution in [3.05, 3.63) is 59.1 Å². The minimum Gasteiger partial charge on any atom is -0.206 e. The zero-order valence-electron chi connectivity index (χ0n) is 7.60. The van der Waals surface area contributed by atoms with E-state index in [9.17, 15) is 8.78 Å². The maximum absolute atomic E-state index is 13.5. The molecule has 2 rings (SSSR count). The fourth-order valence-electron chi connectivity index (χ4n) is 1.33. The largest absolute Gasteiger partial charge is 0.206 e. The van der Waals surface area contributed by atoms with Gasteiger partial charge in [0.2, 0.25) is 0 Å². The first-order valence-corrected chi connectivity index (χ1v) is 4.67. The van der Waals surface area contributed by atoms with E-state index in [4.69, 9.17) is 11.6 Å². The lowest BCUT2D eigenvalue weighted by molar-refractivity contribution is 0.623. The van der Waals surface area contributed by atoms with Crippen LogP contribution in [-0.2, 0) is 0 Å². The maximum atomic E-state index is 13.5. The summed E-state index contributed by atoms with van der Waals surface area (Å²) in [4.78, 5) is 0. The minimum absolute atomic E-state index is 0.319. The van der Waals surface area contributed by atoms with E-state index in [0.717, 1.165) is 0 Å². The Balaban J connectivity index is 2.54. The van der Waals surface area contributed by atoms with Gasteiger partial charge in [-0.2, -0.15) is 0 Å². The summed E-state index contributed by atoms with van der Waals surface area (Å²) in [5.41, 5.74) is 0.799. The number of hydrogen-bond acceptors (Lipinski definition) is 0. The van der Waals surface area contributed by atoms with E-state index in [1.54, 1.807) is 12.1 Å². The molecule has 0 amide bonds. The lowest BCUT2D eigenvalue weighted by atomic mass is 10.1. The van der Waals surface area contributed by atoms with Crippen molar-refractivity contribution in [2.24, 2.45) is 0 Å². The van der Waals surface area contributed by atoms with E-state index in [1.165, 1.54) is 24.3 Å². The van der Waals surface area contributed by atoms with Crippen LogP contribution in [0.5, 0.6) is 0 Å². The summed E-state index contributed by atoms with van der Waals surface area (Å²) in [5, 5.41) is 0.319. The fourth-order valence-corrected chi connectivity index (χ4v) is 1.49. The highest BCUT2D eigenvalue weighted by Crippen LogP contribution is 2.25. The first-order chi connectivity index (χ1) is 7.16. The predicted molar refractivity (Wildman–Crippen MR) is 55.6 cm³/mol. The van der Waals surface area contributed by atoms with Crippen molar-refractivity contribution in [1.82, 2.24) is 0 Å². The van der Waals surface area contributed by atoms with E-state index in [-0.39, 0.29) is 0 Å². The molecule has 0 aliphatic carbocycles. The van der Waals surface area contributed by atoms with Crippen LogP contribution < -0.4 is 0 Å². The van der Waals surface area contributed by atoms with Crippen molar-refractivity contribution in [3.63, 3.8) is 0 Å². The Morgan fingerprint density at radius 1 is 1.07 bits per heavy atom. The molecule has 0 heterocycles. The number of rotatable bonds is 1. The highest BCUT2D eigenvalue weighted by molar-refractivity contribution is 6.30. The van der Waals surface area contributed by atoms with Crippen molar-refractivity contribution in [3.8, 4) is 11.1 Å². The van der Waals surface area contributed by atoms with Crippen LogP contribution in [0.3, 0.4) is 0 Å². The van der Waals surface area contributed by atoms with Crippen LogP contribution in [0.25, 0.3) is 11.1 Å². The molecule has 75 valence electrons. The van der Waals surface area contributed by atoms with Gasteiger partial charge in [-0.1, -0.05) is 23.7 Å². The maximum Gasteiger partial charge on any atom is 0.132 e. The van der Waals surface area contributed by atoms with E-state index in [2.05, 4.69) is 6.07 Å². The average molecular weight is 224 g/mol. The molecule has 0 aliphatic heterocycles. The van der Waals surface area contributed by atoms with Crippen molar-refractivity contribution in [2.45, 2.75) is 0 Å². The third kappa shape index (κ3) is 2.16. The standard InChI is InChI=1S/C12H6ClF2/c13-9-4-5-11(12(15)7-9)8-2-1-3-10(14)6-8/h1-2,4-7H. The van der Waals surface area contributed by atoms with Gasteiger partial charge in [-0.25, -0.2) is 8.78 Å². The molecule has 0 spiro atoms. The van der Waals surface area contributed by atoms with Gasteiger partial charge in [-0.15, -0.1) is 0 Å². The van der Waals surface area contributed by atoms with Gasteiger partial charge in [0.05, 0.1) is 0 Å². The molecule has 1 radical (unpaired) electrons. The molecule has 0 fully saturated rings. The zero-order valence-corrected chi connectivity index (χ0v) is 8.35. The van der Waals surface area contributed by atoms with Crippen molar-refractivity contribution in [1.29, 1.82) is 0 Å². The molecule has 15 heavy (non-hydrogen) atoms. The summed E-state index contributed by atoms with van der Waals surface area (Å²) in [5.74, 6) is -0.977. The molecule has 2 aromatic carbocycles. The van der Waals surface area contributed by atoms with Gasteiger partial charge in [0, 0.05) is 16.7 Å². The molecule has 0 atom stereocenters. The zero-order chi connectivity index (χ0) is 10.8. The normalized spacial score (nSPS) is 10.3. The monoisotopic (exact) mass is 223 g/mol. The highest BCUT2D eigenvalue weighted by Gasteiger charge is 2.06. The Labute approximate surface area is 91.1 Å². The number of hydrogen-bond donors (Lipinski definition) is 0. The third-order valence-corrected chi connectivity index (χ3v) is 2.24. The second-order valence-electron chi connectivity index (χ2n) is 3.05. The van der Waals surface area contributed by atoms with Crippen LogP contribution in [0.15, 0.2) is 36.4 Å². The summed E-state index contributed by atoms with van der Waals surface area (Å²) in [6.07, 6.45) is 0. The first-order valence-electron chi connectivity index (χ1n) is 4.29. The van der Waals surface area contributed by atoms with Crippen LogP contribution in [0, 0.1) is 17.7 Å². The summed E-state index contributed by atoms with van der Waals surface area (Å²) in [6, 6.07) is 10.9. The van der Waals surface area contributed by atoms with Crippen LogP contribution in [0.1, 0.15) is 0 Å². The summed E-state index contributed by atoms with van der Waals surface area (Å²) < 4.78 is 26.3. The molecule has 0 bridgehead atoms. The molecule has 0 unspecified atom stereocenters. The molecular weight excluding hydrogens is 218 g/mol. The molecule has 0 aliphatic rings. The van der Waals surface area contributed by atoms with Crippen LogP contribution in [0.4, 0.5) is 8.78 Å². The Bertz CT molecular complexity index is 495. The van der Waals surface area contributed by atoms with E-state index >= 15 is 0 Å². The lowest BCUT2D eigenvalue weighted by Gasteiger charge is -2.03. The molecule has 3 heteroatoms. The smallest absolute Gasteiger partial charge is 0.132 e. The Hall–Kier alpha value is -1.41. The van der Waals surface area contributed by atoms with Crippen LogP contribution >= 0.6 is 11.6 Å². The van der Waals surface area contributed by atoms with Gasteiger partial charge < -0.3 is 0 Å². The molecule has 2 aromatic rings. The predicted octanol–water partition coefficient (Wildman–Crippen LogP) is 4.09. The second-order valence-corrected chi connectivity index (χ2v) is 3.49. The minimum atomic E-state index is -0.512. The average Bonchev–Trinajstić information content (AvgIpc) is 2.17. The fraction of sp³-hybridized carbons (Fsp3) is 0. The molecule has 0 saturated carbocycles. The van der Waals surface area contributed by atoms with Gasteiger partial charge in [-0.05, 0) is 29.8 Å². The SMILES string of the molecule is Fc1[c]ccc(-c2ccc(Cl)cc2F)c1.